The van der Waals surface area contributed by atoms with Crippen LogP contribution >= 0.6 is 0 Å². The predicted molar refractivity (Wildman–Crippen MR) is 213 cm³/mol. The van der Waals surface area contributed by atoms with Crippen molar-refractivity contribution in [2.24, 2.45) is 22.7 Å². The number of nitrogens with zero attached hydrogens (tertiary/aromatic N) is 1. The highest BCUT2D eigenvalue weighted by Crippen LogP contribution is 2.61. The zero-order valence-corrected chi connectivity index (χ0v) is 34.4. The van der Waals surface area contributed by atoms with Gasteiger partial charge in [-0.25, -0.2) is 0 Å². The lowest BCUT2D eigenvalue weighted by Gasteiger charge is -2.53. The molecule has 3 saturated carbocycles. The summed E-state index contributed by atoms with van der Waals surface area (Å²) in [6.45, 7) is 8.29. The summed E-state index contributed by atoms with van der Waals surface area (Å²) in [5, 5.41) is 26.9. The molecule has 316 valence electrons. The van der Waals surface area contributed by atoms with Gasteiger partial charge in [0.2, 0.25) is 11.8 Å². The van der Waals surface area contributed by atoms with Crippen LogP contribution in [0.5, 0.6) is 0 Å². The van der Waals surface area contributed by atoms with E-state index in [2.05, 4.69) is 61.7 Å². The van der Waals surface area contributed by atoms with E-state index in [9.17, 15) is 24.6 Å². The Hall–Kier alpha value is -3.69. The molecule has 1 spiro atoms. The second-order valence-corrected chi connectivity index (χ2v) is 19.5. The maximum Gasteiger partial charge on any atom is 0.327 e. The molecule has 1 unspecified atom stereocenters. The number of allylic oxidation sites excluding steroid dienone is 1. The van der Waals surface area contributed by atoms with Gasteiger partial charge in [-0.05, 0) is 85.5 Å². The van der Waals surface area contributed by atoms with Crippen LogP contribution < -0.4 is 10.6 Å². The number of rotatable bonds is 9. The van der Waals surface area contributed by atoms with Gasteiger partial charge >= 0.3 is 5.97 Å². The molecule has 0 aromatic heterocycles. The van der Waals surface area contributed by atoms with E-state index in [4.69, 9.17) is 23.8 Å². The van der Waals surface area contributed by atoms with Crippen molar-refractivity contribution in [1.82, 2.24) is 15.7 Å². The van der Waals surface area contributed by atoms with Crippen molar-refractivity contribution < 1.29 is 48.4 Å². The minimum atomic E-state index is -1.54. The fraction of sp³-hybridized carbons (Fsp3) is 0.630. The molecule has 59 heavy (non-hydrogen) atoms. The Bertz CT molecular complexity index is 2030. The Morgan fingerprint density at radius 2 is 1.71 bits per heavy atom. The van der Waals surface area contributed by atoms with Crippen molar-refractivity contribution in [2.45, 2.75) is 146 Å². The number of carbonyl (C=O) groups is 3. The third-order valence-corrected chi connectivity index (χ3v) is 15.2. The van der Waals surface area contributed by atoms with Gasteiger partial charge in [0.1, 0.15) is 35.9 Å². The Kier molecular flexibility index (Phi) is 9.48. The number of fused-ring (bicyclic) bond motifs is 7. The Morgan fingerprint density at radius 3 is 2.41 bits per heavy atom. The van der Waals surface area contributed by atoms with E-state index in [1.807, 2.05) is 24.3 Å². The highest BCUT2D eigenvalue weighted by molar-refractivity contribution is 5.96. The molecule has 8 aliphatic rings. The maximum absolute atomic E-state index is 14.9. The standard InChI is InChI=1S/C46H57N3O10/c1-25(51)35(40(52)47-17-18-50)48-42(54)46-23-33-36-37(58-45(57-36)20-29-7-5-6-8-30(29)21-45)39(46)59-49(38(46)41(53)55-33)24-27-11-9-26(10-12-27)19-28-13-14-34-44(4,56-34)16-15-32-31(28)22-43(32,2)3/h5-12,19,25,31-39,50-51H,13-18,20-24H2,1-4H3,(H,47,52)(H,48,54)/t25-,31+,32+,33+,34?,35+,36-,37-,38-,39+,44+,46-/m0/s1. The fourth-order valence-corrected chi connectivity index (χ4v) is 12.0. The van der Waals surface area contributed by atoms with E-state index in [1.54, 1.807) is 5.06 Å². The molecule has 4 N–H and O–H groups in total. The summed E-state index contributed by atoms with van der Waals surface area (Å²) >= 11 is 0. The number of carbonyl (C=O) groups excluding carboxylic acids is 3. The molecule has 2 aromatic carbocycles. The van der Waals surface area contributed by atoms with E-state index in [-0.39, 0.29) is 31.7 Å². The van der Waals surface area contributed by atoms with Crippen LogP contribution in [0.1, 0.15) is 88.5 Å². The first-order valence-electron chi connectivity index (χ1n) is 21.6. The van der Waals surface area contributed by atoms with Crippen LogP contribution in [0, 0.1) is 22.7 Å². The molecule has 2 aromatic rings. The number of benzene rings is 2. The first kappa shape index (κ1) is 39.4. The van der Waals surface area contributed by atoms with Crippen molar-refractivity contribution in [3.8, 4) is 0 Å². The molecular weight excluding hydrogens is 755 g/mol. The molecule has 0 radical (unpaired) electrons. The summed E-state index contributed by atoms with van der Waals surface area (Å²) in [7, 11) is 0. The molecule has 13 heteroatoms. The van der Waals surface area contributed by atoms with Gasteiger partial charge < -0.3 is 39.8 Å². The molecule has 13 nitrogen and oxygen atoms in total. The van der Waals surface area contributed by atoms with Crippen LogP contribution in [0.15, 0.2) is 54.1 Å². The number of ether oxygens (including phenoxy) is 4. The monoisotopic (exact) mass is 811 g/mol. The zero-order chi connectivity index (χ0) is 41.1. The molecule has 4 saturated heterocycles. The van der Waals surface area contributed by atoms with Crippen LogP contribution in [0.4, 0.5) is 0 Å². The normalized spacial score (nSPS) is 38.6. The second-order valence-electron chi connectivity index (χ2n) is 19.5. The number of amides is 2. The van der Waals surface area contributed by atoms with Gasteiger partial charge in [0.25, 0.3) is 0 Å². The van der Waals surface area contributed by atoms with Crippen molar-refractivity contribution >= 4 is 23.9 Å². The molecule has 10 rings (SSSR count). The van der Waals surface area contributed by atoms with E-state index < -0.39 is 71.6 Å². The lowest BCUT2D eigenvalue weighted by Crippen LogP contribution is -2.71. The third kappa shape index (κ3) is 6.49. The van der Waals surface area contributed by atoms with Crippen LogP contribution in [-0.4, -0.2) is 106 Å². The van der Waals surface area contributed by atoms with Crippen LogP contribution in [0.2, 0.25) is 0 Å². The fourth-order valence-electron chi connectivity index (χ4n) is 12.0. The van der Waals surface area contributed by atoms with Gasteiger partial charge in [-0.2, -0.15) is 5.06 Å². The van der Waals surface area contributed by atoms with Crippen LogP contribution in [0.3, 0.4) is 0 Å². The second kappa shape index (κ2) is 14.2. The lowest BCUT2D eigenvalue weighted by atomic mass is 9.52. The first-order valence-corrected chi connectivity index (χ1v) is 21.6. The van der Waals surface area contributed by atoms with Crippen molar-refractivity contribution in [3.63, 3.8) is 0 Å². The van der Waals surface area contributed by atoms with Gasteiger partial charge in [0.05, 0.1) is 31.0 Å². The smallest absolute Gasteiger partial charge is 0.327 e. The lowest BCUT2D eigenvalue weighted by molar-refractivity contribution is -0.217. The number of hydrogen-bond acceptors (Lipinski definition) is 11. The summed E-state index contributed by atoms with van der Waals surface area (Å²) in [6, 6.07) is 13.8. The average Bonchev–Trinajstić information content (AvgIpc) is 3.48. The quantitative estimate of drug-likeness (QED) is 0.216. The highest BCUT2D eigenvalue weighted by Gasteiger charge is 2.76. The summed E-state index contributed by atoms with van der Waals surface area (Å²) in [4.78, 5) is 49.1. The SMILES string of the molecule is C[C@H](O)[C@@H](NC(=O)[C@@]12C[C@H]3OC(=O)[C@@H]1N(Cc1ccc(C=C4CCC5O[C@]5(C)CC[C@@H]5[C@@H]4CC5(C)C)cc1)O[C@@H]2[C@H]1OC2(Cc4ccccc4C2)O[C@H]13)C(=O)NCCO. The minimum Gasteiger partial charge on any atom is -0.458 e. The Balaban J connectivity index is 0.938. The van der Waals surface area contributed by atoms with Gasteiger partial charge in [-0.15, -0.1) is 0 Å². The van der Waals surface area contributed by atoms with E-state index in [0.29, 0.717) is 36.2 Å². The molecule has 2 amide bonds. The van der Waals surface area contributed by atoms with Crippen LogP contribution in [0.25, 0.3) is 6.08 Å². The van der Waals surface area contributed by atoms with E-state index >= 15 is 0 Å². The largest absolute Gasteiger partial charge is 0.458 e. The number of aliphatic hydroxyl groups is 2. The maximum atomic E-state index is 14.9. The Labute approximate surface area is 345 Å². The van der Waals surface area contributed by atoms with Gasteiger partial charge in [-0.3, -0.25) is 19.2 Å². The summed E-state index contributed by atoms with van der Waals surface area (Å²) in [6.07, 6.45) is 4.83. The molecule has 7 fully saturated rings. The summed E-state index contributed by atoms with van der Waals surface area (Å²) < 4.78 is 25.9. The predicted octanol–water partition coefficient (Wildman–Crippen LogP) is 3.52. The molecule has 4 heterocycles. The van der Waals surface area contributed by atoms with Gasteiger partial charge in [0, 0.05) is 25.8 Å². The van der Waals surface area contributed by atoms with Crippen molar-refractivity contribution in [2.75, 3.05) is 13.2 Å². The summed E-state index contributed by atoms with van der Waals surface area (Å²) in [5.74, 6) is -1.69. The minimum absolute atomic E-state index is 0.0307. The molecule has 12 atom stereocenters. The molecule has 4 aliphatic carbocycles. The molecule has 4 aliphatic heterocycles. The third-order valence-electron chi connectivity index (χ3n) is 15.2. The topological polar surface area (TPSA) is 168 Å². The van der Waals surface area contributed by atoms with Crippen LogP contribution in [-0.2, 0) is 57.6 Å². The van der Waals surface area contributed by atoms with Crippen molar-refractivity contribution in [3.05, 3.63) is 76.4 Å². The number of aliphatic hydroxyl groups excluding tert-OH is 2. The average molecular weight is 812 g/mol. The van der Waals surface area contributed by atoms with Gasteiger partial charge in [-0.1, -0.05) is 74.0 Å². The molecule has 2 bridgehead atoms. The number of esters is 1. The number of hydrogen-bond donors (Lipinski definition) is 4. The van der Waals surface area contributed by atoms with Gasteiger partial charge in [0.15, 0.2) is 11.8 Å². The summed E-state index contributed by atoms with van der Waals surface area (Å²) in [5.41, 5.74) is 4.52. The van der Waals surface area contributed by atoms with Crippen molar-refractivity contribution in [1.29, 1.82) is 0 Å². The van der Waals surface area contributed by atoms with E-state index in [0.717, 1.165) is 41.5 Å². The molecular formula is C46H57N3O10. The number of hydroxylamine groups is 2. The number of nitrogens with one attached hydrogen (secondary N) is 2. The Morgan fingerprint density at radius 1 is 0.983 bits per heavy atom. The highest BCUT2D eigenvalue weighted by atomic mass is 16.8. The first-order chi connectivity index (χ1) is 28.2. The van der Waals surface area contributed by atoms with E-state index in [1.165, 1.54) is 25.3 Å². The number of epoxide rings is 1. The zero-order valence-electron chi connectivity index (χ0n) is 34.4.